The molecule has 6 heteroatoms. The first-order valence-electron chi connectivity index (χ1n) is 7.71. The summed E-state index contributed by atoms with van der Waals surface area (Å²) in [6.07, 6.45) is 0. The number of nitrogens with one attached hydrogen (secondary N) is 1. The third-order valence-corrected chi connectivity index (χ3v) is 5.55. The van der Waals surface area contributed by atoms with E-state index < -0.39 is 0 Å². The zero-order chi connectivity index (χ0) is 16.9. The van der Waals surface area contributed by atoms with Crippen LogP contribution in [0.4, 0.5) is 5.69 Å². The van der Waals surface area contributed by atoms with Gasteiger partial charge in [-0.05, 0) is 44.2 Å². The fourth-order valence-electron chi connectivity index (χ4n) is 2.16. The lowest BCUT2D eigenvalue weighted by Gasteiger charge is -2.10. The van der Waals surface area contributed by atoms with Crippen LogP contribution in [0.5, 0.6) is 5.75 Å². The first-order valence-corrected chi connectivity index (χ1v) is 9.41. The van der Waals surface area contributed by atoms with Crippen molar-refractivity contribution in [2.75, 3.05) is 11.9 Å². The predicted octanol–water partition coefficient (Wildman–Crippen LogP) is 4.81. The molecule has 3 aromatic rings. The summed E-state index contributed by atoms with van der Waals surface area (Å²) in [5.74, 6) is 0.820. The Bertz CT molecular complexity index is 833. The summed E-state index contributed by atoms with van der Waals surface area (Å²) < 4.78 is 7.47. The molecule has 0 aliphatic carbocycles. The number of para-hydroxylation sites is 1. The van der Waals surface area contributed by atoms with Crippen molar-refractivity contribution in [3.63, 3.8) is 0 Å². The number of benzene rings is 2. The minimum absolute atomic E-state index is 0.0274. The number of carbonyl (C=O) groups excluding carboxylic acids is 1. The maximum absolute atomic E-state index is 12.3. The first kappa shape index (κ1) is 16.8. The summed E-state index contributed by atoms with van der Waals surface area (Å²) >= 11 is 3.05. The maximum Gasteiger partial charge on any atom is 0.237 e. The van der Waals surface area contributed by atoms with Crippen LogP contribution < -0.4 is 10.1 Å². The van der Waals surface area contributed by atoms with Gasteiger partial charge >= 0.3 is 0 Å². The van der Waals surface area contributed by atoms with Gasteiger partial charge in [0.25, 0.3) is 0 Å². The second-order valence-electron chi connectivity index (χ2n) is 5.16. The van der Waals surface area contributed by atoms with Gasteiger partial charge in [0.1, 0.15) is 5.75 Å². The van der Waals surface area contributed by atoms with Gasteiger partial charge in [-0.1, -0.05) is 30.0 Å². The number of carbonyl (C=O) groups is 1. The zero-order valence-corrected chi connectivity index (χ0v) is 15.1. The van der Waals surface area contributed by atoms with E-state index in [0.717, 1.165) is 26.0 Å². The van der Waals surface area contributed by atoms with Crippen LogP contribution in [0.3, 0.4) is 0 Å². The summed E-state index contributed by atoms with van der Waals surface area (Å²) in [5.41, 5.74) is 1.74. The number of aromatic nitrogens is 1. The number of nitrogens with zero attached hydrogens (tertiary/aromatic N) is 1. The summed E-state index contributed by atoms with van der Waals surface area (Å²) in [6.45, 7) is 4.49. The molecule has 2 aromatic carbocycles. The number of thiazole rings is 1. The normalized spacial score (nSPS) is 12.1. The molecule has 4 nitrogen and oxygen atoms in total. The molecule has 1 heterocycles. The smallest absolute Gasteiger partial charge is 0.237 e. The van der Waals surface area contributed by atoms with Gasteiger partial charge in [-0.2, -0.15) is 0 Å². The molecule has 0 radical (unpaired) electrons. The van der Waals surface area contributed by atoms with Gasteiger partial charge < -0.3 is 10.1 Å². The fourth-order valence-corrected chi connectivity index (χ4v) is 4.40. The van der Waals surface area contributed by atoms with Crippen molar-refractivity contribution in [3.8, 4) is 5.75 Å². The molecule has 0 unspecified atom stereocenters. The monoisotopic (exact) mass is 358 g/mol. The van der Waals surface area contributed by atoms with Crippen LogP contribution in [-0.4, -0.2) is 22.7 Å². The number of hydrogen-bond donors (Lipinski definition) is 1. The molecule has 1 amide bonds. The van der Waals surface area contributed by atoms with E-state index in [0.29, 0.717) is 6.61 Å². The Morgan fingerprint density at radius 2 is 2.08 bits per heavy atom. The van der Waals surface area contributed by atoms with Gasteiger partial charge in [0, 0.05) is 5.69 Å². The number of hydrogen-bond acceptors (Lipinski definition) is 5. The van der Waals surface area contributed by atoms with E-state index in [1.165, 1.54) is 11.8 Å². The second kappa shape index (κ2) is 7.68. The SMILES string of the molecule is CCOc1ccc2nc(S[C@@H](C)C(=O)Nc3ccccc3)sc2c1. The Labute approximate surface area is 149 Å². The van der Waals surface area contributed by atoms with Crippen LogP contribution in [0.1, 0.15) is 13.8 Å². The third kappa shape index (κ3) is 4.07. The van der Waals surface area contributed by atoms with Crippen molar-refractivity contribution >= 4 is 44.9 Å². The van der Waals surface area contributed by atoms with Crippen molar-refractivity contribution in [2.45, 2.75) is 23.4 Å². The van der Waals surface area contributed by atoms with Crippen molar-refractivity contribution in [1.29, 1.82) is 0 Å². The minimum atomic E-state index is -0.225. The highest BCUT2D eigenvalue weighted by Crippen LogP contribution is 2.34. The van der Waals surface area contributed by atoms with Crippen LogP contribution in [-0.2, 0) is 4.79 Å². The highest BCUT2D eigenvalue weighted by Gasteiger charge is 2.17. The standard InChI is InChI=1S/C18H18N2O2S2/c1-3-22-14-9-10-15-16(11-14)24-18(20-15)23-12(2)17(21)19-13-7-5-4-6-8-13/h4-12H,3H2,1-2H3,(H,19,21)/t12-/m0/s1. The summed E-state index contributed by atoms with van der Waals surface area (Å²) in [5, 5.41) is 2.69. The predicted molar refractivity (Wildman–Crippen MR) is 101 cm³/mol. The number of rotatable bonds is 6. The minimum Gasteiger partial charge on any atom is -0.494 e. The average Bonchev–Trinajstić information content (AvgIpc) is 2.97. The van der Waals surface area contributed by atoms with E-state index in [1.54, 1.807) is 11.3 Å². The Morgan fingerprint density at radius 1 is 1.29 bits per heavy atom. The second-order valence-corrected chi connectivity index (χ2v) is 7.78. The van der Waals surface area contributed by atoms with Gasteiger partial charge in [0.2, 0.25) is 5.91 Å². The lowest BCUT2D eigenvalue weighted by molar-refractivity contribution is -0.115. The van der Waals surface area contributed by atoms with E-state index in [4.69, 9.17) is 4.74 Å². The fraction of sp³-hybridized carbons (Fsp3) is 0.222. The molecule has 124 valence electrons. The zero-order valence-electron chi connectivity index (χ0n) is 13.5. The van der Waals surface area contributed by atoms with E-state index in [-0.39, 0.29) is 11.2 Å². The van der Waals surface area contributed by atoms with Gasteiger partial charge in [-0.3, -0.25) is 4.79 Å². The third-order valence-electron chi connectivity index (χ3n) is 3.34. The maximum atomic E-state index is 12.3. The number of amides is 1. The molecule has 0 fully saturated rings. The summed E-state index contributed by atoms with van der Waals surface area (Å²) in [7, 11) is 0. The molecule has 0 bridgehead atoms. The Balaban J connectivity index is 1.68. The van der Waals surface area contributed by atoms with Gasteiger partial charge in [-0.15, -0.1) is 11.3 Å². The quantitative estimate of drug-likeness (QED) is 0.642. The topological polar surface area (TPSA) is 51.2 Å². The molecule has 1 atom stereocenters. The van der Waals surface area contributed by atoms with Crippen LogP contribution in [0.15, 0.2) is 52.9 Å². The lowest BCUT2D eigenvalue weighted by atomic mass is 10.3. The first-order chi connectivity index (χ1) is 11.7. The number of fused-ring (bicyclic) bond motifs is 1. The summed E-state index contributed by atoms with van der Waals surface area (Å²) in [4.78, 5) is 16.9. The lowest BCUT2D eigenvalue weighted by Crippen LogP contribution is -2.22. The number of ether oxygens (including phenoxy) is 1. The Morgan fingerprint density at radius 3 is 2.83 bits per heavy atom. The molecule has 0 spiro atoms. The van der Waals surface area contributed by atoms with E-state index in [1.807, 2.05) is 62.4 Å². The highest BCUT2D eigenvalue weighted by molar-refractivity contribution is 8.02. The number of anilines is 1. The molecular formula is C18H18N2O2S2. The molecule has 3 rings (SSSR count). The highest BCUT2D eigenvalue weighted by atomic mass is 32.2. The van der Waals surface area contributed by atoms with Crippen molar-refractivity contribution < 1.29 is 9.53 Å². The van der Waals surface area contributed by atoms with Crippen molar-refractivity contribution in [1.82, 2.24) is 4.98 Å². The van der Waals surface area contributed by atoms with Crippen LogP contribution in [0.25, 0.3) is 10.2 Å². The molecule has 0 saturated heterocycles. The van der Waals surface area contributed by atoms with Crippen LogP contribution in [0, 0.1) is 0 Å². The number of thioether (sulfide) groups is 1. The molecule has 0 saturated carbocycles. The van der Waals surface area contributed by atoms with Crippen LogP contribution >= 0.6 is 23.1 Å². The van der Waals surface area contributed by atoms with Gasteiger partial charge in [0.15, 0.2) is 4.34 Å². The summed E-state index contributed by atoms with van der Waals surface area (Å²) in [6, 6.07) is 15.3. The molecule has 1 aromatic heterocycles. The van der Waals surface area contributed by atoms with Gasteiger partial charge in [0.05, 0.1) is 22.1 Å². The van der Waals surface area contributed by atoms with E-state index in [9.17, 15) is 4.79 Å². The largest absolute Gasteiger partial charge is 0.494 e. The van der Waals surface area contributed by atoms with Gasteiger partial charge in [-0.25, -0.2) is 4.98 Å². The van der Waals surface area contributed by atoms with Crippen molar-refractivity contribution in [3.05, 3.63) is 48.5 Å². The van der Waals surface area contributed by atoms with Crippen LogP contribution in [0.2, 0.25) is 0 Å². The Hall–Kier alpha value is -2.05. The molecular weight excluding hydrogens is 340 g/mol. The molecule has 1 N–H and O–H groups in total. The average molecular weight is 358 g/mol. The molecule has 0 aliphatic heterocycles. The Kier molecular flexibility index (Phi) is 5.37. The molecule has 0 aliphatic rings. The van der Waals surface area contributed by atoms with Crippen molar-refractivity contribution in [2.24, 2.45) is 0 Å². The molecule has 24 heavy (non-hydrogen) atoms. The van der Waals surface area contributed by atoms with E-state index in [2.05, 4.69) is 10.3 Å². The van der Waals surface area contributed by atoms with E-state index >= 15 is 0 Å².